The van der Waals surface area contributed by atoms with Crippen molar-refractivity contribution < 1.29 is 5.11 Å². The normalized spacial score (nSPS) is 20.1. The van der Waals surface area contributed by atoms with E-state index in [4.69, 9.17) is 0 Å². The van der Waals surface area contributed by atoms with Crippen LogP contribution in [0.1, 0.15) is 51.3 Å². The van der Waals surface area contributed by atoms with Crippen molar-refractivity contribution in [3.63, 3.8) is 0 Å². The summed E-state index contributed by atoms with van der Waals surface area (Å²) in [5.74, 6) is 1.17. The molecule has 0 aromatic carbocycles. The Balaban J connectivity index is 2.29. The molecular weight excluding hydrogens is 264 g/mol. The summed E-state index contributed by atoms with van der Waals surface area (Å²) in [6, 6.07) is 0.224. The molecule has 21 heavy (non-hydrogen) atoms. The number of aromatic nitrogens is 2. The van der Waals surface area contributed by atoms with Crippen molar-refractivity contribution in [2.24, 2.45) is 7.05 Å². The Morgan fingerprint density at radius 2 is 2.05 bits per heavy atom. The predicted molar refractivity (Wildman–Crippen MR) is 86.6 cm³/mol. The van der Waals surface area contributed by atoms with E-state index < -0.39 is 0 Å². The predicted octanol–water partition coefficient (Wildman–Crippen LogP) is 1.97. The second kappa shape index (κ2) is 6.36. The first-order valence-corrected chi connectivity index (χ1v) is 7.98. The molecule has 0 aliphatic carbocycles. The van der Waals surface area contributed by atoms with E-state index in [0.717, 1.165) is 25.2 Å². The number of anilines is 1. The number of aliphatic hydroxyl groups is 1. The molecule has 1 aromatic heterocycles. The van der Waals surface area contributed by atoms with Gasteiger partial charge in [0.25, 0.3) is 0 Å². The van der Waals surface area contributed by atoms with Crippen molar-refractivity contribution in [1.82, 2.24) is 15.1 Å². The van der Waals surface area contributed by atoms with Crippen molar-refractivity contribution in [1.29, 1.82) is 0 Å². The first-order chi connectivity index (χ1) is 9.83. The van der Waals surface area contributed by atoms with Crippen molar-refractivity contribution in [2.45, 2.75) is 65.1 Å². The maximum atomic E-state index is 9.68. The summed E-state index contributed by atoms with van der Waals surface area (Å²) in [5, 5.41) is 17.9. The molecule has 1 saturated heterocycles. The molecule has 1 aromatic rings. The van der Waals surface area contributed by atoms with Gasteiger partial charge in [0.15, 0.2) is 0 Å². The fraction of sp³-hybridized carbons (Fsp3) is 0.812. The number of aliphatic hydroxyl groups excluding tert-OH is 1. The minimum absolute atomic E-state index is 0.0812. The molecule has 2 N–H and O–H groups in total. The molecule has 1 fully saturated rings. The van der Waals surface area contributed by atoms with E-state index in [9.17, 15) is 5.11 Å². The van der Waals surface area contributed by atoms with E-state index in [1.807, 2.05) is 11.7 Å². The lowest BCUT2D eigenvalue weighted by Crippen LogP contribution is -2.44. The number of nitrogens with zero attached hydrogens (tertiary/aromatic N) is 3. The van der Waals surface area contributed by atoms with E-state index in [-0.39, 0.29) is 18.2 Å². The molecule has 2 rings (SSSR count). The molecule has 0 radical (unpaired) electrons. The van der Waals surface area contributed by atoms with Crippen LogP contribution in [0.3, 0.4) is 0 Å². The van der Waals surface area contributed by atoms with Crippen LogP contribution in [0.4, 0.5) is 5.82 Å². The summed E-state index contributed by atoms with van der Waals surface area (Å²) in [7, 11) is 2.01. The maximum absolute atomic E-state index is 9.68. The SMILES string of the molecule is Cc1nn(C)c(N2CCCCC2CO)c1CNC(C)(C)C. The van der Waals surface area contributed by atoms with Gasteiger partial charge in [-0.3, -0.25) is 4.68 Å². The Hall–Kier alpha value is -1.07. The third-order valence-electron chi connectivity index (χ3n) is 4.22. The summed E-state index contributed by atoms with van der Waals surface area (Å²) < 4.78 is 1.98. The lowest BCUT2D eigenvalue weighted by molar-refractivity contribution is 0.238. The van der Waals surface area contributed by atoms with Gasteiger partial charge in [-0.2, -0.15) is 5.10 Å². The molecule has 1 unspecified atom stereocenters. The number of hydrogen-bond donors (Lipinski definition) is 2. The Morgan fingerprint density at radius 1 is 1.33 bits per heavy atom. The summed E-state index contributed by atoms with van der Waals surface area (Å²) in [5.41, 5.74) is 2.41. The number of hydrogen-bond acceptors (Lipinski definition) is 4. The molecule has 0 saturated carbocycles. The van der Waals surface area contributed by atoms with Gasteiger partial charge in [0.1, 0.15) is 5.82 Å². The molecule has 120 valence electrons. The van der Waals surface area contributed by atoms with Gasteiger partial charge in [0.2, 0.25) is 0 Å². The minimum Gasteiger partial charge on any atom is -0.394 e. The van der Waals surface area contributed by atoms with Gasteiger partial charge in [-0.15, -0.1) is 0 Å². The fourth-order valence-electron chi connectivity index (χ4n) is 3.08. The lowest BCUT2D eigenvalue weighted by Gasteiger charge is -2.37. The van der Waals surface area contributed by atoms with Gasteiger partial charge >= 0.3 is 0 Å². The molecule has 0 bridgehead atoms. The van der Waals surface area contributed by atoms with Gasteiger partial charge in [0.05, 0.1) is 18.3 Å². The van der Waals surface area contributed by atoms with Crippen LogP contribution < -0.4 is 10.2 Å². The van der Waals surface area contributed by atoms with E-state index in [0.29, 0.717) is 0 Å². The highest BCUT2D eigenvalue weighted by molar-refractivity contribution is 5.51. The van der Waals surface area contributed by atoms with Crippen molar-refractivity contribution in [3.05, 3.63) is 11.3 Å². The van der Waals surface area contributed by atoms with Crippen LogP contribution in [-0.4, -0.2) is 39.6 Å². The quantitative estimate of drug-likeness (QED) is 0.891. The van der Waals surface area contributed by atoms with Gasteiger partial charge in [-0.25, -0.2) is 0 Å². The standard InChI is InChI=1S/C16H30N4O/c1-12-14(10-17-16(2,3)4)15(19(5)18-12)20-9-7-6-8-13(20)11-21/h13,17,21H,6-11H2,1-5H3. The summed E-state index contributed by atoms with van der Waals surface area (Å²) in [6.45, 7) is 10.6. The van der Waals surface area contributed by atoms with Crippen LogP contribution in [0, 0.1) is 6.92 Å². The van der Waals surface area contributed by atoms with Gasteiger partial charge in [-0.05, 0) is 47.0 Å². The van der Waals surface area contributed by atoms with Crippen LogP contribution in [0.15, 0.2) is 0 Å². The third-order valence-corrected chi connectivity index (χ3v) is 4.22. The number of nitrogens with one attached hydrogen (secondary N) is 1. The second-order valence-corrected chi connectivity index (χ2v) is 7.14. The Kier molecular flexibility index (Phi) is 4.94. The average Bonchev–Trinajstić information content (AvgIpc) is 2.69. The van der Waals surface area contributed by atoms with Gasteiger partial charge in [0, 0.05) is 31.2 Å². The zero-order valence-electron chi connectivity index (χ0n) is 14.1. The highest BCUT2D eigenvalue weighted by Gasteiger charge is 2.28. The highest BCUT2D eigenvalue weighted by atomic mass is 16.3. The van der Waals surface area contributed by atoms with Crippen LogP contribution in [0.5, 0.6) is 0 Å². The molecule has 1 aliphatic heterocycles. The van der Waals surface area contributed by atoms with Crippen LogP contribution in [0.25, 0.3) is 0 Å². The molecule has 1 atom stereocenters. The smallest absolute Gasteiger partial charge is 0.131 e. The van der Waals surface area contributed by atoms with Crippen molar-refractivity contribution in [2.75, 3.05) is 18.1 Å². The Labute approximate surface area is 128 Å². The summed E-state index contributed by atoms with van der Waals surface area (Å²) in [4.78, 5) is 2.35. The zero-order chi connectivity index (χ0) is 15.6. The van der Waals surface area contributed by atoms with Gasteiger partial charge in [-0.1, -0.05) is 0 Å². The Morgan fingerprint density at radius 3 is 2.67 bits per heavy atom. The molecule has 5 nitrogen and oxygen atoms in total. The second-order valence-electron chi connectivity index (χ2n) is 7.14. The largest absolute Gasteiger partial charge is 0.394 e. The van der Waals surface area contributed by atoms with Crippen LogP contribution >= 0.6 is 0 Å². The molecule has 0 spiro atoms. The molecule has 0 amide bonds. The molecule has 2 heterocycles. The first kappa shape index (κ1) is 16.3. The third kappa shape index (κ3) is 3.77. The molecule has 1 aliphatic rings. The van der Waals surface area contributed by atoms with E-state index in [2.05, 4.69) is 43.0 Å². The molecule has 5 heteroatoms. The number of rotatable bonds is 4. The number of piperidine rings is 1. The maximum Gasteiger partial charge on any atom is 0.131 e. The van der Waals surface area contributed by atoms with Crippen LogP contribution in [-0.2, 0) is 13.6 Å². The van der Waals surface area contributed by atoms with E-state index in [1.54, 1.807) is 0 Å². The highest BCUT2D eigenvalue weighted by Crippen LogP contribution is 2.29. The van der Waals surface area contributed by atoms with E-state index in [1.165, 1.54) is 24.2 Å². The summed E-state index contributed by atoms with van der Waals surface area (Å²) in [6.07, 6.45) is 3.45. The van der Waals surface area contributed by atoms with Crippen molar-refractivity contribution >= 4 is 5.82 Å². The molecular formula is C16H30N4O. The topological polar surface area (TPSA) is 53.3 Å². The van der Waals surface area contributed by atoms with Crippen LogP contribution in [0.2, 0.25) is 0 Å². The zero-order valence-corrected chi connectivity index (χ0v) is 14.1. The Bertz CT molecular complexity index is 475. The fourth-order valence-corrected chi connectivity index (χ4v) is 3.08. The first-order valence-electron chi connectivity index (χ1n) is 7.98. The van der Waals surface area contributed by atoms with E-state index >= 15 is 0 Å². The average molecular weight is 294 g/mol. The minimum atomic E-state index is 0.0812. The van der Waals surface area contributed by atoms with Crippen molar-refractivity contribution in [3.8, 4) is 0 Å². The number of aryl methyl sites for hydroxylation is 2. The lowest BCUT2D eigenvalue weighted by atomic mass is 10.0. The van der Waals surface area contributed by atoms with Gasteiger partial charge < -0.3 is 15.3 Å². The summed E-state index contributed by atoms with van der Waals surface area (Å²) >= 11 is 0. The monoisotopic (exact) mass is 294 g/mol.